The fraction of sp³-hybridized carbons (Fsp3) is 0.214. The standard InChI is InChI=1S/C14H16N6O/c15-13-10(6-17-14(16)19-13)7-20-4-3-9-5-11(18-8-21)1-2-12(9)20/h1-2,5-6,8H,3-4,7H2,(H,18,21)(H4,15,16,17,19). The molecule has 2 aromatic rings. The van der Waals surface area contributed by atoms with Gasteiger partial charge < -0.3 is 21.7 Å². The minimum absolute atomic E-state index is 0.183. The van der Waals surface area contributed by atoms with Crippen LogP contribution in [-0.4, -0.2) is 22.9 Å². The van der Waals surface area contributed by atoms with E-state index in [1.807, 2.05) is 18.2 Å². The van der Waals surface area contributed by atoms with Gasteiger partial charge in [-0.05, 0) is 30.2 Å². The summed E-state index contributed by atoms with van der Waals surface area (Å²) in [6.07, 6.45) is 3.28. The quantitative estimate of drug-likeness (QED) is 0.715. The summed E-state index contributed by atoms with van der Waals surface area (Å²) in [5, 5.41) is 2.66. The molecule has 1 amide bonds. The number of nitrogens with zero attached hydrogens (tertiary/aromatic N) is 3. The number of aromatic nitrogens is 2. The Hall–Kier alpha value is -2.83. The van der Waals surface area contributed by atoms with Gasteiger partial charge in [0, 0.05) is 36.2 Å². The summed E-state index contributed by atoms with van der Waals surface area (Å²) in [6.45, 7) is 1.53. The third-order valence-corrected chi connectivity index (χ3v) is 3.57. The first-order valence-electron chi connectivity index (χ1n) is 6.62. The first-order valence-corrected chi connectivity index (χ1v) is 6.62. The lowest BCUT2D eigenvalue weighted by molar-refractivity contribution is -0.105. The Balaban J connectivity index is 1.82. The number of nitrogens with two attached hydrogens (primary N) is 2. The molecule has 108 valence electrons. The molecule has 0 saturated heterocycles. The molecule has 0 fully saturated rings. The monoisotopic (exact) mass is 284 g/mol. The second kappa shape index (κ2) is 5.28. The van der Waals surface area contributed by atoms with E-state index >= 15 is 0 Å². The second-order valence-electron chi connectivity index (χ2n) is 4.92. The Kier molecular flexibility index (Phi) is 3.31. The average Bonchev–Trinajstić information content (AvgIpc) is 2.85. The van der Waals surface area contributed by atoms with Crippen LogP contribution >= 0.6 is 0 Å². The van der Waals surface area contributed by atoms with Gasteiger partial charge in [-0.1, -0.05) is 0 Å². The number of amides is 1. The molecular formula is C14H16N6O. The highest BCUT2D eigenvalue weighted by atomic mass is 16.1. The molecule has 1 aromatic heterocycles. The minimum Gasteiger partial charge on any atom is -0.383 e. The van der Waals surface area contributed by atoms with E-state index in [0.717, 1.165) is 29.9 Å². The normalized spacial score (nSPS) is 13.0. The fourth-order valence-electron chi connectivity index (χ4n) is 2.55. The predicted molar refractivity (Wildman–Crippen MR) is 81.7 cm³/mol. The zero-order chi connectivity index (χ0) is 14.8. The fourth-order valence-corrected chi connectivity index (χ4v) is 2.55. The summed E-state index contributed by atoms with van der Waals surface area (Å²) >= 11 is 0. The van der Waals surface area contributed by atoms with E-state index in [2.05, 4.69) is 20.2 Å². The molecular weight excluding hydrogens is 268 g/mol. The van der Waals surface area contributed by atoms with Gasteiger partial charge in [0.05, 0.1) is 0 Å². The van der Waals surface area contributed by atoms with Crippen molar-refractivity contribution in [1.82, 2.24) is 9.97 Å². The Morgan fingerprint density at radius 3 is 3.00 bits per heavy atom. The van der Waals surface area contributed by atoms with Gasteiger partial charge in [0.25, 0.3) is 0 Å². The third-order valence-electron chi connectivity index (χ3n) is 3.57. The molecule has 1 aliphatic rings. The Morgan fingerprint density at radius 2 is 2.24 bits per heavy atom. The molecule has 3 rings (SSSR count). The lowest BCUT2D eigenvalue weighted by Crippen LogP contribution is -2.21. The van der Waals surface area contributed by atoms with Crippen molar-refractivity contribution < 1.29 is 4.79 Å². The first-order chi connectivity index (χ1) is 10.2. The average molecular weight is 284 g/mol. The van der Waals surface area contributed by atoms with Crippen LogP contribution in [0.5, 0.6) is 0 Å². The number of hydrogen-bond donors (Lipinski definition) is 3. The molecule has 1 aromatic carbocycles. The summed E-state index contributed by atoms with van der Waals surface area (Å²) in [5.41, 5.74) is 15.4. The largest absolute Gasteiger partial charge is 0.383 e. The molecule has 0 saturated carbocycles. The summed E-state index contributed by atoms with van der Waals surface area (Å²) < 4.78 is 0. The number of rotatable bonds is 4. The van der Waals surface area contributed by atoms with Gasteiger partial charge in [-0.3, -0.25) is 4.79 Å². The van der Waals surface area contributed by atoms with Crippen LogP contribution in [0.3, 0.4) is 0 Å². The van der Waals surface area contributed by atoms with Crippen molar-refractivity contribution in [1.29, 1.82) is 0 Å². The van der Waals surface area contributed by atoms with Crippen LogP contribution in [0.2, 0.25) is 0 Å². The van der Waals surface area contributed by atoms with Crippen molar-refractivity contribution in [3.05, 3.63) is 35.5 Å². The van der Waals surface area contributed by atoms with E-state index in [1.165, 1.54) is 5.56 Å². The van der Waals surface area contributed by atoms with E-state index < -0.39 is 0 Å². The number of fused-ring (bicyclic) bond motifs is 1. The second-order valence-corrected chi connectivity index (χ2v) is 4.92. The number of benzene rings is 1. The van der Waals surface area contributed by atoms with Crippen molar-refractivity contribution >= 4 is 29.6 Å². The molecule has 7 heteroatoms. The van der Waals surface area contributed by atoms with Crippen LogP contribution in [0.25, 0.3) is 0 Å². The van der Waals surface area contributed by atoms with E-state index in [4.69, 9.17) is 11.5 Å². The van der Waals surface area contributed by atoms with Crippen LogP contribution in [0.1, 0.15) is 11.1 Å². The Bertz CT molecular complexity index is 687. The van der Waals surface area contributed by atoms with Gasteiger partial charge in [-0.15, -0.1) is 0 Å². The van der Waals surface area contributed by atoms with Gasteiger partial charge in [0.1, 0.15) is 5.82 Å². The molecule has 1 aliphatic heterocycles. The molecule has 0 bridgehead atoms. The molecule has 7 nitrogen and oxygen atoms in total. The smallest absolute Gasteiger partial charge is 0.221 e. The zero-order valence-electron chi connectivity index (χ0n) is 11.4. The van der Waals surface area contributed by atoms with Crippen LogP contribution in [0.4, 0.5) is 23.1 Å². The summed E-state index contributed by atoms with van der Waals surface area (Å²) in [6, 6.07) is 5.88. The van der Waals surface area contributed by atoms with Crippen LogP contribution in [0, 0.1) is 0 Å². The highest BCUT2D eigenvalue weighted by molar-refractivity contribution is 5.74. The van der Waals surface area contributed by atoms with Gasteiger partial charge in [0.15, 0.2) is 0 Å². The van der Waals surface area contributed by atoms with Crippen molar-refractivity contribution in [2.45, 2.75) is 13.0 Å². The Labute approximate surface area is 122 Å². The highest BCUT2D eigenvalue weighted by Gasteiger charge is 2.20. The van der Waals surface area contributed by atoms with Gasteiger partial charge in [-0.25, -0.2) is 4.98 Å². The van der Waals surface area contributed by atoms with Crippen LogP contribution in [-0.2, 0) is 17.8 Å². The van der Waals surface area contributed by atoms with E-state index in [1.54, 1.807) is 6.20 Å². The third kappa shape index (κ3) is 2.58. The van der Waals surface area contributed by atoms with E-state index in [-0.39, 0.29) is 5.95 Å². The number of carbonyl (C=O) groups is 1. The molecule has 0 spiro atoms. The zero-order valence-corrected chi connectivity index (χ0v) is 11.4. The van der Waals surface area contributed by atoms with Crippen LogP contribution in [0.15, 0.2) is 24.4 Å². The number of nitrogen functional groups attached to an aromatic ring is 2. The van der Waals surface area contributed by atoms with Crippen molar-refractivity contribution in [3.8, 4) is 0 Å². The maximum Gasteiger partial charge on any atom is 0.221 e. The number of carbonyl (C=O) groups excluding carboxylic acids is 1. The van der Waals surface area contributed by atoms with Crippen molar-refractivity contribution in [2.75, 3.05) is 28.2 Å². The molecule has 0 atom stereocenters. The topological polar surface area (TPSA) is 110 Å². The van der Waals surface area contributed by atoms with Gasteiger partial charge in [0.2, 0.25) is 12.4 Å². The predicted octanol–water partition coefficient (Wildman–Crippen LogP) is 0.772. The molecule has 0 aliphatic carbocycles. The molecule has 2 heterocycles. The maximum absolute atomic E-state index is 10.5. The van der Waals surface area contributed by atoms with Gasteiger partial charge in [-0.2, -0.15) is 4.98 Å². The lowest BCUT2D eigenvalue weighted by atomic mass is 10.1. The maximum atomic E-state index is 10.5. The SMILES string of the molecule is Nc1ncc(CN2CCc3cc(NC=O)ccc32)c(N)n1. The number of anilines is 4. The van der Waals surface area contributed by atoms with E-state index in [0.29, 0.717) is 18.8 Å². The summed E-state index contributed by atoms with van der Waals surface area (Å²) in [7, 11) is 0. The molecule has 21 heavy (non-hydrogen) atoms. The summed E-state index contributed by atoms with van der Waals surface area (Å²) in [4.78, 5) is 20.7. The molecule has 0 radical (unpaired) electrons. The number of nitrogens with one attached hydrogen (secondary N) is 1. The first kappa shape index (κ1) is 13.2. The Morgan fingerprint density at radius 1 is 1.38 bits per heavy atom. The number of hydrogen-bond acceptors (Lipinski definition) is 6. The molecule has 5 N–H and O–H groups in total. The van der Waals surface area contributed by atoms with Crippen molar-refractivity contribution in [2.24, 2.45) is 0 Å². The lowest BCUT2D eigenvalue weighted by Gasteiger charge is -2.20. The van der Waals surface area contributed by atoms with E-state index in [9.17, 15) is 4.79 Å². The minimum atomic E-state index is 0.183. The van der Waals surface area contributed by atoms with Crippen LogP contribution < -0.4 is 21.7 Å². The van der Waals surface area contributed by atoms with Crippen molar-refractivity contribution in [3.63, 3.8) is 0 Å². The summed E-state index contributed by atoms with van der Waals surface area (Å²) in [5.74, 6) is 0.595. The van der Waals surface area contributed by atoms with Gasteiger partial charge >= 0.3 is 0 Å². The molecule has 0 unspecified atom stereocenters. The highest BCUT2D eigenvalue weighted by Crippen LogP contribution is 2.31.